The third kappa shape index (κ3) is 2.55. The van der Waals surface area contributed by atoms with Gasteiger partial charge in [0.25, 0.3) is 0 Å². The summed E-state index contributed by atoms with van der Waals surface area (Å²) in [6, 6.07) is 8.72. The van der Waals surface area contributed by atoms with Crippen LogP contribution in [0.4, 0.5) is 0 Å². The SMILES string of the molecule is CCNC(Cc1ccccc1Cl)C1C(C)(C)C1(C)C. The van der Waals surface area contributed by atoms with Crippen molar-refractivity contribution in [3.8, 4) is 0 Å². The zero-order valence-electron chi connectivity index (χ0n) is 12.8. The largest absolute Gasteiger partial charge is 0.314 e. The molecule has 1 nitrogen and oxygen atoms in total. The summed E-state index contributed by atoms with van der Waals surface area (Å²) in [6.07, 6.45) is 1.02. The number of benzene rings is 1. The van der Waals surface area contributed by atoms with Crippen molar-refractivity contribution < 1.29 is 0 Å². The number of halogens is 1. The Morgan fingerprint density at radius 3 is 2.21 bits per heavy atom. The number of likely N-dealkylation sites (N-methyl/N-ethyl adjacent to an activating group) is 1. The average Bonchev–Trinajstić information content (AvgIpc) is 2.72. The Labute approximate surface area is 122 Å². The summed E-state index contributed by atoms with van der Waals surface area (Å²) in [4.78, 5) is 0. The molecule has 0 amide bonds. The number of nitrogens with one attached hydrogen (secondary N) is 1. The van der Waals surface area contributed by atoms with E-state index in [1.807, 2.05) is 12.1 Å². The monoisotopic (exact) mass is 279 g/mol. The summed E-state index contributed by atoms with van der Waals surface area (Å²) in [5.74, 6) is 0.705. The summed E-state index contributed by atoms with van der Waals surface area (Å²) < 4.78 is 0. The predicted octanol–water partition coefficient (Wildman–Crippen LogP) is 4.54. The molecule has 2 rings (SSSR count). The van der Waals surface area contributed by atoms with Crippen LogP contribution in [-0.2, 0) is 6.42 Å². The van der Waals surface area contributed by atoms with Crippen LogP contribution in [0.1, 0.15) is 40.2 Å². The van der Waals surface area contributed by atoms with Gasteiger partial charge in [-0.05, 0) is 41.3 Å². The molecule has 19 heavy (non-hydrogen) atoms. The van der Waals surface area contributed by atoms with Gasteiger partial charge in [0, 0.05) is 11.1 Å². The van der Waals surface area contributed by atoms with Crippen molar-refractivity contribution in [3.05, 3.63) is 34.9 Å². The number of hydrogen-bond donors (Lipinski definition) is 1. The van der Waals surface area contributed by atoms with Crippen LogP contribution in [0.2, 0.25) is 5.02 Å². The van der Waals surface area contributed by atoms with Gasteiger partial charge in [-0.3, -0.25) is 0 Å². The number of hydrogen-bond acceptors (Lipinski definition) is 1. The van der Waals surface area contributed by atoms with Crippen LogP contribution in [0.5, 0.6) is 0 Å². The highest BCUT2D eigenvalue weighted by Gasteiger charge is 2.66. The van der Waals surface area contributed by atoms with E-state index in [0.29, 0.717) is 22.8 Å². The first-order chi connectivity index (χ1) is 8.82. The predicted molar refractivity (Wildman–Crippen MR) is 83.7 cm³/mol. The van der Waals surface area contributed by atoms with E-state index in [4.69, 9.17) is 11.6 Å². The lowest BCUT2D eigenvalue weighted by Gasteiger charge is -2.21. The Hall–Kier alpha value is -0.530. The van der Waals surface area contributed by atoms with E-state index >= 15 is 0 Å². The highest BCUT2D eigenvalue weighted by Crippen LogP contribution is 2.69. The Bertz CT molecular complexity index is 436. The second-order valence-electron chi connectivity index (χ2n) is 6.88. The van der Waals surface area contributed by atoms with Crippen molar-refractivity contribution in [2.24, 2.45) is 16.7 Å². The molecule has 0 saturated heterocycles. The van der Waals surface area contributed by atoms with Gasteiger partial charge in [0.2, 0.25) is 0 Å². The standard InChI is InChI=1S/C17H26ClN/c1-6-19-14(15-16(2,3)17(15,4)5)11-12-9-7-8-10-13(12)18/h7-10,14-15,19H,6,11H2,1-5H3. The summed E-state index contributed by atoms with van der Waals surface area (Å²) in [7, 11) is 0. The molecule has 0 radical (unpaired) electrons. The van der Waals surface area contributed by atoms with Gasteiger partial charge in [-0.1, -0.05) is 64.4 Å². The normalized spacial score (nSPS) is 22.2. The Morgan fingerprint density at radius 2 is 1.74 bits per heavy atom. The molecule has 0 aliphatic heterocycles. The molecular weight excluding hydrogens is 254 g/mol. The summed E-state index contributed by atoms with van der Waals surface area (Å²) in [5.41, 5.74) is 2.07. The van der Waals surface area contributed by atoms with E-state index in [-0.39, 0.29) is 0 Å². The van der Waals surface area contributed by atoms with Crippen molar-refractivity contribution in [1.82, 2.24) is 5.32 Å². The average molecular weight is 280 g/mol. The van der Waals surface area contributed by atoms with Crippen LogP contribution in [0.25, 0.3) is 0 Å². The van der Waals surface area contributed by atoms with Crippen LogP contribution in [0.15, 0.2) is 24.3 Å². The van der Waals surface area contributed by atoms with Crippen molar-refractivity contribution in [1.29, 1.82) is 0 Å². The second kappa shape index (κ2) is 5.10. The zero-order chi connectivity index (χ0) is 14.3. The Kier molecular flexibility index (Phi) is 3.99. The molecule has 1 aliphatic carbocycles. The van der Waals surface area contributed by atoms with Crippen LogP contribution >= 0.6 is 11.6 Å². The lowest BCUT2D eigenvalue weighted by molar-refractivity contribution is 0.403. The third-order valence-corrected chi connectivity index (χ3v) is 5.77. The van der Waals surface area contributed by atoms with Gasteiger partial charge in [-0.15, -0.1) is 0 Å². The van der Waals surface area contributed by atoms with E-state index in [9.17, 15) is 0 Å². The van der Waals surface area contributed by atoms with E-state index in [2.05, 4.69) is 52.1 Å². The molecule has 0 bridgehead atoms. The first-order valence-corrected chi connectivity index (χ1v) is 7.67. The summed E-state index contributed by atoms with van der Waals surface area (Å²) in [6.45, 7) is 12.7. The molecule has 0 aromatic heterocycles. The lowest BCUT2D eigenvalue weighted by Crippen LogP contribution is -2.35. The molecule has 1 N–H and O–H groups in total. The minimum atomic E-state index is 0.404. The highest BCUT2D eigenvalue weighted by atomic mass is 35.5. The molecule has 1 aliphatic rings. The van der Waals surface area contributed by atoms with Gasteiger partial charge < -0.3 is 5.32 Å². The quantitative estimate of drug-likeness (QED) is 0.834. The van der Waals surface area contributed by atoms with Gasteiger partial charge in [-0.2, -0.15) is 0 Å². The van der Waals surface area contributed by atoms with Crippen molar-refractivity contribution in [3.63, 3.8) is 0 Å². The smallest absolute Gasteiger partial charge is 0.0438 e. The van der Waals surface area contributed by atoms with Crippen molar-refractivity contribution in [2.75, 3.05) is 6.54 Å². The fraction of sp³-hybridized carbons (Fsp3) is 0.647. The maximum Gasteiger partial charge on any atom is 0.0438 e. The highest BCUT2D eigenvalue weighted by molar-refractivity contribution is 6.31. The Balaban J connectivity index is 2.17. The van der Waals surface area contributed by atoms with Gasteiger partial charge in [0.1, 0.15) is 0 Å². The van der Waals surface area contributed by atoms with E-state index in [1.165, 1.54) is 5.56 Å². The topological polar surface area (TPSA) is 12.0 Å². The van der Waals surface area contributed by atoms with E-state index in [0.717, 1.165) is 18.0 Å². The van der Waals surface area contributed by atoms with Crippen LogP contribution < -0.4 is 5.32 Å². The number of rotatable bonds is 5. The molecular formula is C17H26ClN. The molecule has 1 saturated carbocycles. The first kappa shape index (κ1) is 14.9. The molecule has 1 unspecified atom stereocenters. The fourth-order valence-corrected chi connectivity index (χ4v) is 3.94. The minimum absolute atomic E-state index is 0.404. The zero-order valence-corrected chi connectivity index (χ0v) is 13.5. The maximum atomic E-state index is 6.31. The minimum Gasteiger partial charge on any atom is -0.314 e. The maximum absolute atomic E-state index is 6.31. The van der Waals surface area contributed by atoms with E-state index < -0.39 is 0 Å². The molecule has 1 aromatic rings. The van der Waals surface area contributed by atoms with Crippen molar-refractivity contribution in [2.45, 2.75) is 47.1 Å². The van der Waals surface area contributed by atoms with E-state index in [1.54, 1.807) is 0 Å². The van der Waals surface area contributed by atoms with Gasteiger partial charge in [-0.25, -0.2) is 0 Å². The van der Waals surface area contributed by atoms with Gasteiger partial charge in [0.05, 0.1) is 0 Å². The molecule has 106 valence electrons. The van der Waals surface area contributed by atoms with Crippen molar-refractivity contribution >= 4 is 11.6 Å². The summed E-state index contributed by atoms with van der Waals surface area (Å²) >= 11 is 6.31. The first-order valence-electron chi connectivity index (χ1n) is 7.29. The fourth-order valence-electron chi connectivity index (χ4n) is 3.72. The van der Waals surface area contributed by atoms with Crippen LogP contribution in [0.3, 0.4) is 0 Å². The molecule has 1 aromatic carbocycles. The Morgan fingerprint density at radius 1 is 1.16 bits per heavy atom. The molecule has 0 spiro atoms. The van der Waals surface area contributed by atoms with Gasteiger partial charge in [0.15, 0.2) is 0 Å². The molecule has 0 heterocycles. The molecule has 1 fully saturated rings. The summed E-state index contributed by atoms with van der Waals surface area (Å²) in [5, 5.41) is 4.56. The third-order valence-electron chi connectivity index (χ3n) is 5.40. The molecule has 2 heteroatoms. The second-order valence-corrected chi connectivity index (χ2v) is 7.29. The van der Waals surface area contributed by atoms with Crippen LogP contribution in [-0.4, -0.2) is 12.6 Å². The molecule has 1 atom stereocenters. The van der Waals surface area contributed by atoms with Gasteiger partial charge >= 0.3 is 0 Å². The lowest BCUT2D eigenvalue weighted by atomic mass is 9.96. The van der Waals surface area contributed by atoms with Crippen LogP contribution in [0, 0.1) is 16.7 Å².